The Labute approximate surface area is 193 Å². The van der Waals surface area contributed by atoms with E-state index in [1.807, 2.05) is 22.9 Å². The summed E-state index contributed by atoms with van der Waals surface area (Å²) in [5.41, 5.74) is 2.27. The first-order chi connectivity index (χ1) is 15.8. The molecule has 0 aliphatic carbocycles. The van der Waals surface area contributed by atoms with Crippen molar-refractivity contribution in [3.8, 4) is 5.82 Å². The molecule has 11 heteroatoms. The number of thiophene rings is 1. The fourth-order valence-electron chi connectivity index (χ4n) is 3.71. The van der Waals surface area contributed by atoms with Crippen LogP contribution in [-0.4, -0.2) is 30.5 Å². The Balaban J connectivity index is 1.35. The molecule has 0 radical (unpaired) electrons. The molecule has 9 nitrogen and oxygen atoms in total. The van der Waals surface area contributed by atoms with Gasteiger partial charge in [0, 0.05) is 28.7 Å². The van der Waals surface area contributed by atoms with Crippen molar-refractivity contribution in [3.63, 3.8) is 0 Å². The predicted octanol–water partition coefficient (Wildman–Crippen LogP) is 3.23. The number of amides is 2. The van der Waals surface area contributed by atoms with E-state index in [1.54, 1.807) is 31.3 Å². The Kier molecular flexibility index (Phi) is 5.14. The van der Waals surface area contributed by atoms with Crippen molar-refractivity contribution < 1.29 is 13.2 Å². The van der Waals surface area contributed by atoms with Gasteiger partial charge in [0.2, 0.25) is 0 Å². The molecule has 5 rings (SSSR count). The van der Waals surface area contributed by atoms with E-state index in [-0.39, 0.29) is 15.5 Å². The Bertz CT molecular complexity index is 1560. The number of urea groups is 1. The smallest absolute Gasteiger partial charge is 0.333 e. The number of hydrogen-bond acceptors (Lipinski definition) is 7. The lowest BCUT2D eigenvalue weighted by Crippen LogP contribution is -2.34. The zero-order valence-electron chi connectivity index (χ0n) is 17.5. The highest BCUT2D eigenvalue weighted by Gasteiger charge is 2.19. The van der Waals surface area contributed by atoms with Gasteiger partial charge in [-0.3, -0.25) is 9.36 Å². The lowest BCUT2D eigenvalue weighted by Gasteiger charge is -2.10. The standard InChI is InChI=1S/C22H19N5O4S2/c1-13-2-5-20(32-13)33(30,31)26-22(29)25-16-3-4-19(24-12-16)27-9-7-14-11-18-15(6-8-23-18)10-17(14)21(27)28/h2-5,7,9-12,23H,6,8H2,1H3,(H2,25,26,29). The van der Waals surface area contributed by atoms with Crippen LogP contribution in [0.15, 0.2) is 63.9 Å². The number of aromatic nitrogens is 2. The van der Waals surface area contributed by atoms with E-state index in [4.69, 9.17) is 0 Å². The number of aryl methyl sites for hydroxylation is 1. The van der Waals surface area contributed by atoms with Crippen LogP contribution < -0.4 is 20.9 Å². The van der Waals surface area contributed by atoms with E-state index in [1.165, 1.54) is 16.8 Å². The van der Waals surface area contributed by atoms with Gasteiger partial charge < -0.3 is 10.6 Å². The van der Waals surface area contributed by atoms with Crippen molar-refractivity contribution in [2.24, 2.45) is 0 Å². The van der Waals surface area contributed by atoms with Crippen molar-refractivity contribution in [3.05, 3.63) is 75.7 Å². The minimum Gasteiger partial charge on any atom is -0.384 e. The van der Waals surface area contributed by atoms with E-state index in [9.17, 15) is 18.0 Å². The fraction of sp³-hybridized carbons (Fsp3) is 0.136. The van der Waals surface area contributed by atoms with E-state index in [0.717, 1.165) is 45.8 Å². The molecule has 0 fully saturated rings. The van der Waals surface area contributed by atoms with Crippen molar-refractivity contribution in [2.75, 3.05) is 17.2 Å². The van der Waals surface area contributed by atoms with Crippen molar-refractivity contribution in [1.82, 2.24) is 14.3 Å². The van der Waals surface area contributed by atoms with Crippen LogP contribution in [-0.2, 0) is 16.4 Å². The summed E-state index contributed by atoms with van der Waals surface area (Å²) in [5.74, 6) is 0.383. The monoisotopic (exact) mass is 481 g/mol. The Hall–Kier alpha value is -3.70. The summed E-state index contributed by atoms with van der Waals surface area (Å²) >= 11 is 1.07. The van der Waals surface area contributed by atoms with Gasteiger partial charge in [-0.25, -0.2) is 22.9 Å². The van der Waals surface area contributed by atoms with Gasteiger partial charge in [0.15, 0.2) is 0 Å². The molecular formula is C22H19N5O4S2. The third-order valence-corrected chi connectivity index (χ3v) is 8.12. The quantitative estimate of drug-likeness (QED) is 0.411. The second kappa shape index (κ2) is 8.01. The number of benzene rings is 1. The number of fused-ring (bicyclic) bond motifs is 2. The summed E-state index contributed by atoms with van der Waals surface area (Å²) in [5, 5.41) is 7.21. The van der Waals surface area contributed by atoms with Gasteiger partial charge in [-0.2, -0.15) is 0 Å². The Morgan fingerprint density at radius 1 is 1.18 bits per heavy atom. The van der Waals surface area contributed by atoms with Crippen LogP contribution in [0.2, 0.25) is 0 Å². The Morgan fingerprint density at radius 3 is 2.76 bits per heavy atom. The molecule has 0 saturated heterocycles. The number of anilines is 2. The fourth-order valence-corrected chi connectivity index (χ4v) is 5.90. The van der Waals surface area contributed by atoms with Crippen LogP contribution in [0.1, 0.15) is 10.4 Å². The van der Waals surface area contributed by atoms with Gasteiger partial charge in [0.25, 0.3) is 15.6 Å². The van der Waals surface area contributed by atoms with Crippen LogP contribution in [0.4, 0.5) is 16.2 Å². The third-order valence-electron chi connectivity index (χ3n) is 5.30. The van der Waals surface area contributed by atoms with Crippen LogP contribution in [0.25, 0.3) is 16.6 Å². The minimum absolute atomic E-state index is 0.0562. The highest BCUT2D eigenvalue weighted by Crippen LogP contribution is 2.27. The maximum atomic E-state index is 13.0. The molecule has 0 unspecified atom stereocenters. The van der Waals surface area contributed by atoms with E-state index in [2.05, 4.69) is 15.6 Å². The van der Waals surface area contributed by atoms with Gasteiger partial charge in [0.05, 0.1) is 11.9 Å². The van der Waals surface area contributed by atoms with E-state index >= 15 is 0 Å². The van der Waals surface area contributed by atoms with Crippen molar-refractivity contribution >= 4 is 49.5 Å². The van der Waals surface area contributed by atoms with Gasteiger partial charge in [-0.05, 0) is 66.8 Å². The number of rotatable bonds is 4. The molecule has 3 aromatic heterocycles. The molecule has 2 amide bonds. The summed E-state index contributed by atoms with van der Waals surface area (Å²) in [6, 6.07) is 11.1. The largest absolute Gasteiger partial charge is 0.384 e. The zero-order chi connectivity index (χ0) is 23.2. The number of nitrogens with one attached hydrogen (secondary N) is 3. The number of carbonyl (C=O) groups is 1. The molecule has 33 heavy (non-hydrogen) atoms. The van der Waals surface area contributed by atoms with Crippen LogP contribution in [0.3, 0.4) is 0 Å². The van der Waals surface area contributed by atoms with Crippen molar-refractivity contribution in [1.29, 1.82) is 0 Å². The number of nitrogens with zero attached hydrogens (tertiary/aromatic N) is 2. The molecule has 1 aromatic carbocycles. The molecule has 3 N–H and O–H groups in total. The second-order valence-corrected chi connectivity index (χ2v) is 10.8. The second-order valence-electron chi connectivity index (χ2n) is 7.59. The highest BCUT2D eigenvalue weighted by atomic mass is 32.2. The number of sulfonamides is 1. The molecule has 1 aliphatic rings. The number of hydrogen-bond donors (Lipinski definition) is 3. The van der Waals surface area contributed by atoms with Gasteiger partial charge in [-0.1, -0.05) is 0 Å². The average molecular weight is 482 g/mol. The van der Waals surface area contributed by atoms with E-state index < -0.39 is 16.1 Å². The lowest BCUT2D eigenvalue weighted by molar-refractivity contribution is 0.256. The normalized spacial score (nSPS) is 12.9. The predicted molar refractivity (Wildman–Crippen MR) is 128 cm³/mol. The highest BCUT2D eigenvalue weighted by molar-refractivity contribution is 7.92. The summed E-state index contributed by atoms with van der Waals surface area (Å²) in [4.78, 5) is 30.3. The van der Waals surface area contributed by atoms with Gasteiger partial charge in [0.1, 0.15) is 10.0 Å². The molecule has 0 saturated carbocycles. The molecule has 1 aliphatic heterocycles. The van der Waals surface area contributed by atoms with E-state index in [0.29, 0.717) is 11.2 Å². The SMILES string of the molecule is Cc1ccc(S(=O)(=O)NC(=O)Nc2ccc(-n3ccc4cc5c(cc4c3=O)CCN5)nc2)s1. The van der Waals surface area contributed by atoms with Crippen LogP contribution in [0, 0.1) is 6.92 Å². The molecule has 4 heterocycles. The summed E-state index contributed by atoms with van der Waals surface area (Å²) < 4.78 is 28.0. The first-order valence-corrected chi connectivity index (χ1v) is 12.4. The van der Waals surface area contributed by atoms with Gasteiger partial charge in [-0.15, -0.1) is 11.3 Å². The minimum atomic E-state index is -3.95. The molecule has 0 bridgehead atoms. The number of pyridine rings is 2. The topological polar surface area (TPSA) is 122 Å². The van der Waals surface area contributed by atoms with Crippen molar-refractivity contribution in [2.45, 2.75) is 17.6 Å². The molecule has 0 atom stereocenters. The zero-order valence-corrected chi connectivity index (χ0v) is 19.1. The third kappa shape index (κ3) is 4.08. The van der Waals surface area contributed by atoms with Gasteiger partial charge >= 0.3 is 6.03 Å². The number of carbonyl (C=O) groups excluding carboxylic acids is 1. The molecular weight excluding hydrogens is 462 g/mol. The maximum Gasteiger partial charge on any atom is 0.333 e. The van der Waals surface area contributed by atoms with Crippen LogP contribution in [0.5, 0.6) is 0 Å². The lowest BCUT2D eigenvalue weighted by atomic mass is 10.1. The van der Waals surface area contributed by atoms with Crippen LogP contribution >= 0.6 is 11.3 Å². The Morgan fingerprint density at radius 2 is 2.03 bits per heavy atom. The summed E-state index contributed by atoms with van der Waals surface area (Å²) in [6.07, 6.45) is 3.89. The summed E-state index contributed by atoms with van der Waals surface area (Å²) in [6.45, 7) is 2.64. The summed E-state index contributed by atoms with van der Waals surface area (Å²) in [7, 11) is -3.95. The maximum absolute atomic E-state index is 13.0. The first kappa shape index (κ1) is 21.2. The molecule has 168 valence electrons. The first-order valence-electron chi connectivity index (χ1n) is 10.1. The molecule has 0 spiro atoms. The average Bonchev–Trinajstić information content (AvgIpc) is 3.42. The molecule has 4 aromatic rings.